The van der Waals surface area contributed by atoms with Crippen LogP contribution in [0.1, 0.15) is 29.7 Å². The van der Waals surface area contributed by atoms with Gasteiger partial charge in [-0.15, -0.1) is 0 Å². The Bertz CT molecular complexity index is 909. The molecule has 0 radical (unpaired) electrons. The minimum atomic E-state index is -5.08. The summed E-state index contributed by atoms with van der Waals surface area (Å²) in [5.41, 5.74) is 3.30. The summed E-state index contributed by atoms with van der Waals surface area (Å²) in [7, 11) is 0. The molecule has 3 rings (SSSR count). The van der Waals surface area contributed by atoms with Gasteiger partial charge >= 0.3 is 24.3 Å². The molecular formula is C23H25F7N2O4. The maximum atomic E-state index is 13.7. The van der Waals surface area contributed by atoms with Gasteiger partial charge in [-0.3, -0.25) is 9.88 Å². The van der Waals surface area contributed by atoms with Gasteiger partial charge in [0, 0.05) is 18.4 Å². The van der Waals surface area contributed by atoms with E-state index in [0.29, 0.717) is 5.92 Å². The normalized spacial score (nSPS) is 14.7. The van der Waals surface area contributed by atoms with E-state index in [0.717, 1.165) is 50.2 Å². The van der Waals surface area contributed by atoms with Crippen LogP contribution in [-0.2, 0) is 22.6 Å². The summed E-state index contributed by atoms with van der Waals surface area (Å²) in [6, 6.07) is 11.3. The van der Waals surface area contributed by atoms with Gasteiger partial charge in [-0.05, 0) is 68.5 Å². The number of alkyl halides is 6. The maximum absolute atomic E-state index is 13.7. The zero-order valence-electron chi connectivity index (χ0n) is 19.1. The number of likely N-dealkylation sites (tertiary alicyclic amines) is 1. The Kier molecular flexibility index (Phi) is 11.8. The van der Waals surface area contributed by atoms with Crippen LogP contribution in [0.2, 0.25) is 0 Å². The van der Waals surface area contributed by atoms with Gasteiger partial charge in [0.15, 0.2) is 0 Å². The van der Waals surface area contributed by atoms with E-state index in [1.54, 1.807) is 12.1 Å². The molecule has 0 saturated carbocycles. The molecule has 1 aliphatic heterocycles. The number of halogens is 7. The topological polar surface area (TPSA) is 90.7 Å². The Morgan fingerprint density at radius 2 is 1.39 bits per heavy atom. The molecule has 0 bridgehead atoms. The lowest BCUT2D eigenvalue weighted by Gasteiger charge is -2.32. The molecular weight excluding hydrogens is 501 g/mol. The maximum Gasteiger partial charge on any atom is 0.490 e. The van der Waals surface area contributed by atoms with Gasteiger partial charge in [-0.1, -0.05) is 24.3 Å². The van der Waals surface area contributed by atoms with Gasteiger partial charge in [0.2, 0.25) is 0 Å². The number of hydrogen-bond acceptors (Lipinski definition) is 4. The molecule has 1 fully saturated rings. The largest absolute Gasteiger partial charge is 0.490 e. The minimum absolute atomic E-state index is 0.0593. The SMILES string of the molecule is Cc1ncccc1CN1CCC(Cc2ccccc2F)CC1.O=C(O)C(F)(F)F.O=C(O)C(F)(F)F. The smallest absolute Gasteiger partial charge is 0.475 e. The Balaban J connectivity index is 0.000000383. The van der Waals surface area contributed by atoms with E-state index in [4.69, 9.17) is 19.8 Å². The lowest BCUT2D eigenvalue weighted by molar-refractivity contribution is -0.193. The van der Waals surface area contributed by atoms with E-state index in [9.17, 15) is 30.7 Å². The van der Waals surface area contributed by atoms with Crippen LogP contribution in [0.25, 0.3) is 0 Å². The van der Waals surface area contributed by atoms with Gasteiger partial charge < -0.3 is 10.2 Å². The zero-order chi connectivity index (χ0) is 27.5. The average Bonchev–Trinajstić information content (AvgIpc) is 2.78. The first-order valence-electron chi connectivity index (χ1n) is 10.6. The highest BCUT2D eigenvalue weighted by Gasteiger charge is 2.38. The molecule has 1 aromatic carbocycles. The van der Waals surface area contributed by atoms with Crippen LogP contribution in [0, 0.1) is 18.7 Å². The average molecular weight is 526 g/mol. The molecule has 2 aromatic rings. The second kappa shape index (κ2) is 13.8. The van der Waals surface area contributed by atoms with Crippen molar-refractivity contribution in [1.29, 1.82) is 0 Å². The molecule has 13 heteroatoms. The van der Waals surface area contributed by atoms with Crippen molar-refractivity contribution in [3.63, 3.8) is 0 Å². The fourth-order valence-corrected chi connectivity index (χ4v) is 3.25. The predicted octanol–water partition coefficient (Wildman–Crippen LogP) is 5.25. The number of benzene rings is 1. The van der Waals surface area contributed by atoms with Crippen LogP contribution in [0.5, 0.6) is 0 Å². The molecule has 0 unspecified atom stereocenters. The second-order valence-electron chi connectivity index (χ2n) is 7.87. The summed E-state index contributed by atoms with van der Waals surface area (Å²) in [5, 5.41) is 14.2. The number of nitrogens with zero attached hydrogens (tertiary/aromatic N) is 2. The molecule has 6 nitrogen and oxygen atoms in total. The van der Waals surface area contributed by atoms with Gasteiger partial charge in [-0.2, -0.15) is 26.3 Å². The summed E-state index contributed by atoms with van der Waals surface area (Å²) in [4.78, 5) is 24.6. The Morgan fingerprint density at radius 1 is 0.917 bits per heavy atom. The molecule has 0 atom stereocenters. The molecule has 2 heterocycles. The fraction of sp³-hybridized carbons (Fsp3) is 0.435. The van der Waals surface area contributed by atoms with Crippen molar-refractivity contribution in [2.45, 2.75) is 45.1 Å². The number of piperidine rings is 1. The first-order valence-corrected chi connectivity index (χ1v) is 10.6. The van der Waals surface area contributed by atoms with E-state index >= 15 is 0 Å². The first-order chi connectivity index (χ1) is 16.6. The lowest BCUT2D eigenvalue weighted by Crippen LogP contribution is -2.34. The molecule has 200 valence electrons. The molecule has 0 aliphatic carbocycles. The van der Waals surface area contributed by atoms with Crippen molar-refractivity contribution < 1.29 is 50.5 Å². The molecule has 1 saturated heterocycles. The van der Waals surface area contributed by atoms with Crippen molar-refractivity contribution in [3.05, 3.63) is 65.2 Å². The third-order valence-electron chi connectivity index (χ3n) is 5.17. The number of carboxylic acids is 2. The van der Waals surface area contributed by atoms with Crippen LogP contribution in [-0.4, -0.2) is 57.5 Å². The number of aromatic nitrogens is 1. The number of hydrogen-bond donors (Lipinski definition) is 2. The molecule has 1 aliphatic rings. The quantitative estimate of drug-likeness (QED) is 0.529. The predicted molar refractivity (Wildman–Crippen MR) is 114 cm³/mol. The van der Waals surface area contributed by atoms with Crippen molar-refractivity contribution in [3.8, 4) is 0 Å². The summed E-state index contributed by atoms with van der Waals surface area (Å²) in [6.07, 6.45) is -5.16. The van der Waals surface area contributed by atoms with Gasteiger partial charge in [0.1, 0.15) is 5.82 Å². The van der Waals surface area contributed by atoms with Gasteiger partial charge in [0.05, 0.1) is 0 Å². The van der Waals surface area contributed by atoms with E-state index in [-0.39, 0.29) is 5.82 Å². The van der Waals surface area contributed by atoms with E-state index in [1.165, 1.54) is 5.56 Å². The Hall–Kier alpha value is -3.22. The fourth-order valence-electron chi connectivity index (χ4n) is 3.25. The minimum Gasteiger partial charge on any atom is -0.475 e. The highest BCUT2D eigenvalue weighted by atomic mass is 19.4. The van der Waals surface area contributed by atoms with E-state index < -0.39 is 24.3 Å². The molecule has 2 N–H and O–H groups in total. The number of carbonyl (C=O) groups is 2. The molecule has 0 amide bonds. The molecule has 1 aromatic heterocycles. The summed E-state index contributed by atoms with van der Waals surface area (Å²) < 4.78 is 77.2. The van der Waals surface area contributed by atoms with Crippen molar-refractivity contribution >= 4 is 11.9 Å². The Morgan fingerprint density at radius 3 is 1.83 bits per heavy atom. The van der Waals surface area contributed by atoms with Crippen LogP contribution >= 0.6 is 0 Å². The number of rotatable bonds is 4. The van der Waals surface area contributed by atoms with E-state index in [2.05, 4.69) is 22.9 Å². The first kappa shape index (κ1) is 30.8. The lowest BCUT2D eigenvalue weighted by atomic mass is 9.90. The molecule has 36 heavy (non-hydrogen) atoms. The summed E-state index contributed by atoms with van der Waals surface area (Å²) in [6.45, 7) is 5.23. The van der Waals surface area contributed by atoms with Crippen molar-refractivity contribution in [2.24, 2.45) is 5.92 Å². The van der Waals surface area contributed by atoms with Crippen molar-refractivity contribution in [2.75, 3.05) is 13.1 Å². The monoisotopic (exact) mass is 526 g/mol. The van der Waals surface area contributed by atoms with Crippen LogP contribution in [0.3, 0.4) is 0 Å². The van der Waals surface area contributed by atoms with Gasteiger partial charge in [-0.25, -0.2) is 14.0 Å². The van der Waals surface area contributed by atoms with Crippen LogP contribution in [0.15, 0.2) is 42.6 Å². The standard InChI is InChI=1S/C19H23FN2.2C2HF3O2/c1-15-18(6-4-10-21-15)14-22-11-8-16(9-12-22)13-17-5-2-3-7-19(17)20;2*3-2(4,5)1(6)7/h2-7,10,16H,8-9,11-14H2,1H3;2*(H,6,7). The Labute approximate surface area is 202 Å². The third-order valence-corrected chi connectivity index (χ3v) is 5.17. The van der Waals surface area contributed by atoms with E-state index in [1.807, 2.05) is 24.4 Å². The van der Waals surface area contributed by atoms with Crippen LogP contribution in [0.4, 0.5) is 30.7 Å². The molecule has 0 spiro atoms. The highest BCUT2D eigenvalue weighted by molar-refractivity contribution is 5.73. The number of carboxylic acid groups (broad SMARTS) is 2. The van der Waals surface area contributed by atoms with Crippen molar-refractivity contribution in [1.82, 2.24) is 9.88 Å². The number of aliphatic carboxylic acids is 2. The van der Waals surface area contributed by atoms with Crippen LogP contribution < -0.4 is 0 Å². The number of aryl methyl sites for hydroxylation is 1. The highest BCUT2D eigenvalue weighted by Crippen LogP contribution is 2.24. The summed E-state index contributed by atoms with van der Waals surface area (Å²) in [5.74, 6) is -4.97. The number of pyridine rings is 1. The second-order valence-corrected chi connectivity index (χ2v) is 7.87. The van der Waals surface area contributed by atoms with Gasteiger partial charge in [0.25, 0.3) is 0 Å². The summed E-state index contributed by atoms with van der Waals surface area (Å²) >= 11 is 0. The third kappa shape index (κ3) is 11.5. The zero-order valence-corrected chi connectivity index (χ0v) is 19.1.